The predicted molar refractivity (Wildman–Crippen MR) is 138 cm³/mol. The summed E-state index contributed by atoms with van der Waals surface area (Å²) >= 11 is 0. The van der Waals surface area contributed by atoms with Crippen LogP contribution >= 0.6 is 0 Å². The molecule has 2 fully saturated rings. The number of carbonyl (C=O) groups is 2. The van der Waals surface area contributed by atoms with E-state index in [1.165, 1.54) is 32.1 Å². The van der Waals surface area contributed by atoms with E-state index in [2.05, 4.69) is 34.6 Å². The van der Waals surface area contributed by atoms with E-state index in [4.69, 9.17) is 0 Å². The molecular formula is C28H44N4O2. The molecule has 0 spiro atoms. The number of benzene rings is 1. The van der Waals surface area contributed by atoms with Crippen LogP contribution in [0.4, 0.5) is 5.69 Å². The highest BCUT2D eigenvalue weighted by molar-refractivity contribution is 5.92. The summed E-state index contributed by atoms with van der Waals surface area (Å²) in [6.07, 6.45) is 7.56. The Hall–Kier alpha value is -1.92. The number of anilines is 1. The maximum atomic E-state index is 13.7. The SMILES string of the molecule is CC(=O)N1CCCN(CC(C)C)CCN(C(=O)C2CN(C3CCCCC3)C2)Cc2ccccc21. The molecule has 34 heavy (non-hydrogen) atoms. The first kappa shape index (κ1) is 25.2. The standard InChI is InChI=1S/C28H44N4O2/c1-22(2)18-29-14-9-15-32(23(3)33)27-13-8-7-10-24(27)19-30(17-16-29)28(34)25-20-31(21-25)26-11-5-4-6-12-26/h7-8,10,13,22,25-26H,4-6,9,11-12,14-21H2,1-3H3. The quantitative estimate of drug-likeness (QED) is 0.670. The molecule has 2 heterocycles. The van der Waals surface area contributed by atoms with E-state index in [0.717, 1.165) is 56.9 Å². The molecule has 0 atom stereocenters. The second kappa shape index (κ2) is 11.7. The van der Waals surface area contributed by atoms with Gasteiger partial charge in [0.2, 0.25) is 11.8 Å². The Morgan fingerprint density at radius 2 is 1.68 bits per heavy atom. The summed E-state index contributed by atoms with van der Waals surface area (Å²) in [5.74, 6) is 1.05. The van der Waals surface area contributed by atoms with Crippen LogP contribution in [-0.2, 0) is 16.1 Å². The molecule has 2 amide bonds. The van der Waals surface area contributed by atoms with E-state index in [0.29, 0.717) is 31.0 Å². The van der Waals surface area contributed by atoms with Gasteiger partial charge in [-0.15, -0.1) is 0 Å². The lowest BCUT2D eigenvalue weighted by Gasteiger charge is -2.46. The molecule has 0 N–H and O–H groups in total. The first-order chi connectivity index (χ1) is 16.4. The van der Waals surface area contributed by atoms with Crippen LogP contribution in [0.2, 0.25) is 0 Å². The number of para-hydroxylation sites is 1. The zero-order valence-electron chi connectivity index (χ0n) is 21.5. The molecule has 1 saturated carbocycles. The average molecular weight is 469 g/mol. The Labute approximate surface area is 206 Å². The van der Waals surface area contributed by atoms with Crippen LogP contribution < -0.4 is 4.90 Å². The van der Waals surface area contributed by atoms with Gasteiger partial charge < -0.3 is 14.7 Å². The number of carbonyl (C=O) groups excluding carboxylic acids is 2. The van der Waals surface area contributed by atoms with Crippen LogP contribution in [0, 0.1) is 11.8 Å². The van der Waals surface area contributed by atoms with Crippen molar-refractivity contribution in [2.75, 3.05) is 50.7 Å². The minimum absolute atomic E-state index is 0.0714. The van der Waals surface area contributed by atoms with Gasteiger partial charge in [0.1, 0.15) is 0 Å². The molecule has 6 nitrogen and oxygen atoms in total. The van der Waals surface area contributed by atoms with Gasteiger partial charge in [-0.1, -0.05) is 51.3 Å². The van der Waals surface area contributed by atoms with Crippen molar-refractivity contribution >= 4 is 17.5 Å². The third-order valence-electron chi connectivity index (χ3n) is 7.85. The molecule has 4 rings (SSSR count). The Balaban J connectivity index is 1.51. The first-order valence-electron chi connectivity index (χ1n) is 13.5. The summed E-state index contributed by atoms with van der Waals surface area (Å²) in [4.78, 5) is 35.3. The van der Waals surface area contributed by atoms with Gasteiger partial charge in [0, 0.05) is 64.5 Å². The normalized spacial score (nSPS) is 22.2. The van der Waals surface area contributed by atoms with Gasteiger partial charge in [-0.25, -0.2) is 0 Å². The molecule has 2 aliphatic heterocycles. The van der Waals surface area contributed by atoms with Crippen molar-refractivity contribution < 1.29 is 9.59 Å². The van der Waals surface area contributed by atoms with Gasteiger partial charge in [0.15, 0.2) is 0 Å². The van der Waals surface area contributed by atoms with Crippen LogP contribution in [0.15, 0.2) is 24.3 Å². The topological polar surface area (TPSA) is 47.1 Å². The van der Waals surface area contributed by atoms with Crippen molar-refractivity contribution in [3.63, 3.8) is 0 Å². The van der Waals surface area contributed by atoms with E-state index in [1.807, 2.05) is 23.1 Å². The van der Waals surface area contributed by atoms with Crippen molar-refractivity contribution in [1.82, 2.24) is 14.7 Å². The summed E-state index contributed by atoms with van der Waals surface area (Å²) in [7, 11) is 0. The third-order valence-corrected chi connectivity index (χ3v) is 7.85. The second-order valence-electron chi connectivity index (χ2n) is 11.0. The van der Waals surface area contributed by atoms with Crippen LogP contribution in [0.5, 0.6) is 0 Å². The molecule has 1 saturated heterocycles. The molecule has 6 heteroatoms. The fourth-order valence-electron chi connectivity index (χ4n) is 6.02. The Morgan fingerprint density at radius 1 is 0.941 bits per heavy atom. The van der Waals surface area contributed by atoms with Gasteiger partial charge in [-0.3, -0.25) is 14.5 Å². The first-order valence-corrected chi connectivity index (χ1v) is 13.5. The summed E-state index contributed by atoms with van der Waals surface area (Å²) < 4.78 is 0. The van der Waals surface area contributed by atoms with Gasteiger partial charge in [-0.2, -0.15) is 0 Å². The Bertz CT molecular complexity index is 829. The lowest BCUT2D eigenvalue weighted by molar-refractivity contribution is -0.143. The van der Waals surface area contributed by atoms with Crippen LogP contribution in [0.25, 0.3) is 0 Å². The third kappa shape index (κ3) is 6.19. The minimum Gasteiger partial charge on any atom is -0.337 e. The van der Waals surface area contributed by atoms with E-state index in [-0.39, 0.29) is 11.8 Å². The van der Waals surface area contributed by atoms with E-state index in [1.54, 1.807) is 6.92 Å². The highest BCUT2D eigenvalue weighted by Crippen LogP contribution is 2.30. The molecule has 0 bridgehead atoms. The molecule has 3 aliphatic rings. The second-order valence-corrected chi connectivity index (χ2v) is 11.0. The van der Waals surface area contributed by atoms with Crippen molar-refractivity contribution in [2.24, 2.45) is 11.8 Å². The van der Waals surface area contributed by atoms with Crippen molar-refractivity contribution in [2.45, 2.75) is 71.9 Å². The number of likely N-dealkylation sites (tertiary alicyclic amines) is 1. The van der Waals surface area contributed by atoms with Crippen molar-refractivity contribution in [1.29, 1.82) is 0 Å². The number of hydrogen-bond acceptors (Lipinski definition) is 4. The Kier molecular flexibility index (Phi) is 8.65. The van der Waals surface area contributed by atoms with E-state index in [9.17, 15) is 9.59 Å². The molecule has 1 aliphatic carbocycles. The van der Waals surface area contributed by atoms with Crippen LogP contribution in [0.3, 0.4) is 0 Å². The molecule has 188 valence electrons. The molecule has 0 aromatic heterocycles. The monoisotopic (exact) mass is 468 g/mol. The number of rotatable bonds is 4. The zero-order valence-corrected chi connectivity index (χ0v) is 21.5. The van der Waals surface area contributed by atoms with Crippen LogP contribution in [-0.4, -0.2) is 78.4 Å². The van der Waals surface area contributed by atoms with Gasteiger partial charge in [0.25, 0.3) is 0 Å². The lowest BCUT2D eigenvalue weighted by atomic mass is 9.88. The van der Waals surface area contributed by atoms with Gasteiger partial charge in [-0.05, 0) is 43.4 Å². The zero-order chi connectivity index (χ0) is 24.1. The number of fused-ring (bicyclic) bond motifs is 1. The fraction of sp³-hybridized carbons (Fsp3) is 0.714. The van der Waals surface area contributed by atoms with Crippen molar-refractivity contribution in [3.8, 4) is 0 Å². The fourth-order valence-corrected chi connectivity index (χ4v) is 6.02. The summed E-state index contributed by atoms with van der Waals surface area (Å²) in [5.41, 5.74) is 2.04. The number of hydrogen-bond donors (Lipinski definition) is 0. The number of nitrogens with zero attached hydrogens (tertiary/aromatic N) is 4. The summed E-state index contributed by atoms with van der Waals surface area (Å²) in [6, 6.07) is 8.84. The average Bonchev–Trinajstić information content (AvgIpc) is 2.81. The van der Waals surface area contributed by atoms with Gasteiger partial charge in [0.05, 0.1) is 5.92 Å². The lowest BCUT2D eigenvalue weighted by Crippen LogP contribution is -2.58. The number of amides is 2. The van der Waals surface area contributed by atoms with E-state index < -0.39 is 0 Å². The molecule has 1 aromatic rings. The Morgan fingerprint density at radius 3 is 2.38 bits per heavy atom. The minimum atomic E-state index is 0.0714. The summed E-state index contributed by atoms with van der Waals surface area (Å²) in [6.45, 7) is 12.9. The smallest absolute Gasteiger partial charge is 0.228 e. The van der Waals surface area contributed by atoms with Crippen molar-refractivity contribution in [3.05, 3.63) is 29.8 Å². The maximum absolute atomic E-state index is 13.7. The largest absolute Gasteiger partial charge is 0.337 e. The van der Waals surface area contributed by atoms with E-state index >= 15 is 0 Å². The highest BCUT2D eigenvalue weighted by atomic mass is 16.2. The molecular weight excluding hydrogens is 424 g/mol. The van der Waals surface area contributed by atoms with Crippen LogP contribution in [0.1, 0.15) is 64.9 Å². The summed E-state index contributed by atoms with van der Waals surface area (Å²) in [5, 5.41) is 0. The molecule has 0 radical (unpaired) electrons. The van der Waals surface area contributed by atoms with Gasteiger partial charge >= 0.3 is 0 Å². The molecule has 0 unspecified atom stereocenters. The maximum Gasteiger partial charge on any atom is 0.228 e. The molecule has 1 aromatic carbocycles. The predicted octanol–water partition coefficient (Wildman–Crippen LogP) is 3.99. The highest BCUT2D eigenvalue weighted by Gasteiger charge is 2.39.